The van der Waals surface area contributed by atoms with Crippen molar-refractivity contribution in [2.24, 2.45) is 0 Å². The number of quaternary nitrogens is 1. The van der Waals surface area contributed by atoms with Gasteiger partial charge in [-0.15, -0.1) is 0 Å². The first-order valence-corrected chi connectivity index (χ1v) is 25.4. The number of rotatable bonds is 46. The molecule has 0 amide bonds. The SMILES string of the molecule is CC/C=C\C/C=C\C/C=C\C/C=C\C/C=C\CCCCCCCCCCCCCC(=O)OC(COC(=O)CCCCCCCCCCCCC)COC(OCC[N+](C)(C)C)C(=O)[O-]. The van der Waals surface area contributed by atoms with Crippen LogP contribution in [0.15, 0.2) is 60.8 Å². The molecule has 9 nitrogen and oxygen atoms in total. The van der Waals surface area contributed by atoms with E-state index in [9.17, 15) is 19.5 Å². The highest BCUT2D eigenvalue weighted by Crippen LogP contribution is 2.15. The minimum atomic E-state index is -1.62. The Morgan fingerprint density at radius 3 is 1.35 bits per heavy atom. The van der Waals surface area contributed by atoms with Crippen LogP contribution >= 0.6 is 0 Å². The molecule has 0 rings (SSSR count). The van der Waals surface area contributed by atoms with E-state index < -0.39 is 24.3 Å². The first kappa shape index (κ1) is 60.0. The Labute approximate surface area is 386 Å². The van der Waals surface area contributed by atoms with Crippen molar-refractivity contribution < 1.29 is 42.9 Å². The molecule has 0 N–H and O–H groups in total. The molecule has 0 aromatic rings. The lowest BCUT2D eigenvalue weighted by molar-refractivity contribution is -0.870. The summed E-state index contributed by atoms with van der Waals surface area (Å²) in [6.45, 7) is 4.62. The smallest absolute Gasteiger partial charge is 0.306 e. The van der Waals surface area contributed by atoms with E-state index in [-0.39, 0.29) is 32.2 Å². The fourth-order valence-electron chi connectivity index (χ4n) is 6.86. The first-order valence-electron chi connectivity index (χ1n) is 25.4. The van der Waals surface area contributed by atoms with Gasteiger partial charge in [0.25, 0.3) is 0 Å². The highest BCUT2D eigenvalue weighted by molar-refractivity contribution is 5.70. The van der Waals surface area contributed by atoms with Crippen molar-refractivity contribution in [3.05, 3.63) is 60.8 Å². The third-order valence-electron chi connectivity index (χ3n) is 10.8. The van der Waals surface area contributed by atoms with Crippen molar-refractivity contribution in [1.82, 2.24) is 0 Å². The summed E-state index contributed by atoms with van der Waals surface area (Å²) in [4.78, 5) is 37.0. The summed E-state index contributed by atoms with van der Waals surface area (Å²) in [5.74, 6) is -2.29. The van der Waals surface area contributed by atoms with E-state index in [1.165, 1.54) is 96.3 Å². The van der Waals surface area contributed by atoms with Gasteiger partial charge in [-0.05, 0) is 57.8 Å². The molecule has 0 saturated heterocycles. The van der Waals surface area contributed by atoms with Gasteiger partial charge in [0, 0.05) is 12.8 Å². The molecule has 0 aliphatic rings. The van der Waals surface area contributed by atoms with Crippen LogP contribution in [0, 0.1) is 0 Å². The Kier molecular flexibility index (Phi) is 43.4. The summed E-state index contributed by atoms with van der Waals surface area (Å²) in [6, 6.07) is 0. The van der Waals surface area contributed by atoms with E-state index in [2.05, 4.69) is 74.6 Å². The largest absolute Gasteiger partial charge is 0.545 e. The van der Waals surface area contributed by atoms with Gasteiger partial charge in [-0.3, -0.25) is 9.59 Å². The van der Waals surface area contributed by atoms with Gasteiger partial charge < -0.3 is 33.3 Å². The number of carboxylic acids is 1. The van der Waals surface area contributed by atoms with E-state index in [1.54, 1.807) is 0 Å². The molecule has 0 aliphatic heterocycles. The summed E-state index contributed by atoms with van der Waals surface area (Å²) >= 11 is 0. The van der Waals surface area contributed by atoms with Crippen LogP contribution in [0.2, 0.25) is 0 Å². The standard InChI is InChI=1S/C54H95NO8/c1-6-8-10-12-14-16-18-19-20-21-22-23-24-25-26-27-28-29-30-31-32-33-35-37-39-41-43-45-52(57)63-50(49-62-54(53(58)59)60-47-46-55(3,4)5)48-61-51(56)44-42-40-38-36-34-17-15-13-11-9-7-2/h8,10,14,16,19-20,22-23,25-26,50,54H,6-7,9,11-13,15,17-18,21,24,27-49H2,1-5H3/b10-8-,16-14-,20-19-,23-22-,26-25-. The first-order chi connectivity index (χ1) is 30.6. The summed E-state index contributed by atoms with van der Waals surface area (Å²) in [7, 11) is 5.91. The number of esters is 2. The molecular formula is C54H95NO8. The predicted octanol–water partition coefficient (Wildman–Crippen LogP) is 12.8. The molecule has 0 aromatic heterocycles. The van der Waals surface area contributed by atoms with Crippen molar-refractivity contribution in [3.8, 4) is 0 Å². The minimum Gasteiger partial charge on any atom is -0.545 e. The number of hydrogen-bond acceptors (Lipinski definition) is 8. The topological polar surface area (TPSA) is 111 Å². The van der Waals surface area contributed by atoms with Crippen LogP contribution < -0.4 is 5.11 Å². The summed E-state index contributed by atoms with van der Waals surface area (Å²) < 4.78 is 22.6. The lowest BCUT2D eigenvalue weighted by Crippen LogP contribution is -2.44. The van der Waals surface area contributed by atoms with Crippen LogP contribution in [-0.2, 0) is 33.3 Å². The fourth-order valence-corrected chi connectivity index (χ4v) is 6.86. The summed E-state index contributed by atoms with van der Waals surface area (Å²) in [6.07, 6.45) is 52.6. The number of nitrogens with zero attached hydrogens (tertiary/aromatic N) is 1. The Morgan fingerprint density at radius 2 is 0.905 bits per heavy atom. The molecule has 0 aromatic carbocycles. The molecule has 0 aliphatic carbocycles. The van der Waals surface area contributed by atoms with Gasteiger partial charge in [-0.1, -0.05) is 197 Å². The highest BCUT2D eigenvalue weighted by atomic mass is 16.7. The average molecular weight is 886 g/mol. The van der Waals surface area contributed by atoms with Crippen LogP contribution in [0.5, 0.6) is 0 Å². The second-order valence-corrected chi connectivity index (χ2v) is 18.1. The minimum absolute atomic E-state index is 0.146. The number of aliphatic carboxylic acids is 1. The zero-order valence-electron chi connectivity index (χ0n) is 41.2. The van der Waals surface area contributed by atoms with Crippen molar-refractivity contribution >= 4 is 17.9 Å². The van der Waals surface area contributed by atoms with E-state index in [0.29, 0.717) is 23.9 Å². The number of carbonyl (C=O) groups is 3. The molecular weight excluding hydrogens is 791 g/mol. The van der Waals surface area contributed by atoms with Crippen LogP contribution in [0.1, 0.15) is 206 Å². The quantitative estimate of drug-likeness (QED) is 0.0195. The zero-order valence-corrected chi connectivity index (χ0v) is 41.2. The molecule has 0 bridgehead atoms. The number of hydrogen-bond donors (Lipinski definition) is 0. The normalized spacial score (nSPS) is 13.3. The Balaban J connectivity index is 4.24. The molecule has 2 unspecified atom stereocenters. The molecule has 0 fully saturated rings. The van der Waals surface area contributed by atoms with Crippen LogP contribution in [0.3, 0.4) is 0 Å². The third-order valence-corrected chi connectivity index (χ3v) is 10.8. The second-order valence-electron chi connectivity index (χ2n) is 18.1. The van der Waals surface area contributed by atoms with E-state index >= 15 is 0 Å². The fraction of sp³-hybridized carbons (Fsp3) is 0.759. The van der Waals surface area contributed by atoms with Crippen LogP contribution in [0.4, 0.5) is 0 Å². The monoisotopic (exact) mass is 886 g/mol. The summed E-state index contributed by atoms with van der Waals surface area (Å²) in [5.41, 5.74) is 0. The van der Waals surface area contributed by atoms with Crippen molar-refractivity contribution in [1.29, 1.82) is 0 Å². The maximum atomic E-state index is 12.8. The number of unbranched alkanes of at least 4 members (excludes halogenated alkanes) is 21. The van der Waals surface area contributed by atoms with Gasteiger partial charge in [0.2, 0.25) is 0 Å². The van der Waals surface area contributed by atoms with Gasteiger partial charge >= 0.3 is 11.9 Å². The van der Waals surface area contributed by atoms with Crippen LogP contribution in [-0.4, -0.2) is 82.3 Å². The molecule has 364 valence electrons. The van der Waals surface area contributed by atoms with Gasteiger partial charge in [-0.25, -0.2) is 0 Å². The molecule has 0 radical (unpaired) electrons. The van der Waals surface area contributed by atoms with Crippen molar-refractivity contribution in [3.63, 3.8) is 0 Å². The van der Waals surface area contributed by atoms with Gasteiger partial charge in [-0.2, -0.15) is 0 Å². The van der Waals surface area contributed by atoms with E-state index in [4.69, 9.17) is 18.9 Å². The maximum Gasteiger partial charge on any atom is 0.306 e. The van der Waals surface area contributed by atoms with Crippen molar-refractivity contribution in [2.45, 2.75) is 219 Å². The highest BCUT2D eigenvalue weighted by Gasteiger charge is 2.22. The molecule has 2 atom stereocenters. The molecule has 63 heavy (non-hydrogen) atoms. The van der Waals surface area contributed by atoms with Gasteiger partial charge in [0.1, 0.15) is 13.2 Å². The average Bonchev–Trinajstić information content (AvgIpc) is 3.24. The maximum absolute atomic E-state index is 12.8. The number of carboxylic acid groups (broad SMARTS) is 1. The molecule has 0 spiro atoms. The van der Waals surface area contributed by atoms with Crippen LogP contribution in [0.25, 0.3) is 0 Å². The molecule has 9 heteroatoms. The Hall–Kier alpha value is -3.01. The lowest BCUT2D eigenvalue weighted by Gasteiger charge is -2.26. The number of ether oxygens (including phenoxy) is 4. The zero-order chi connectivity index (χ0) is 46.3. The van der Waals surface area contributed by atoms with E-state index in [0.717, 1.165) is 77.0 Å². The van der Waals surface area contributed by atoms with Crippen molar-refractivity contribution in [2.75, 3.05) is 47.5 Å². The second kappa shape index (κ2) is 45.6. The summed E-state index contributed by atoms with van der Waals surface area (Å²) in [5, 5.41) is 11.7. The van der Waals surface area contributed by atoms with E-state index in [1.807, 2.05) is 21.1 Å². The molecule has 0 saturated carbocycles. The number of likely N-dealkylation sites (N-methyl/N-ethyl adjacent to an activating group) is 1. The number of carbonyl (C=O) groups excluding carboxylic acids is 3. The number of allylic oxidation sites excluding steroid dienone is 10. The predicted molar refractivity (Wildman–Crippen MR) is 260 cm³/mol. The third kappa shape index (κ3) is 46.8. The van der Waals surface area contributed by atoms with Gasteiger partial charge in [0.05, 0.1) is 40.3 Å². The lowest BCUT2D eigenvalue weighted by atomic mass is 10.0. The Bertz CT molecular complexity index is 1220. The van der Waals surface area contributed by atoms with Gasteiger partial charge in [0.15, 0.2) is 12.4 Å². The molecule has 0 heterocycles. The Morgan fingerprint density at radius 1 is 0.492 bits per heavy atom.